The Labute approximate surface area is 126 Å². The molecule has 0 radical (unpaired) electrons. The number of aliphatic hydroxyl groups is 1. The monoisotopic (exact) mass is 290 g/mol. The normalized spacial score (nSPS) is 11.3. The minimum atomic E-state index is 0.00393. The summed E-state index contributed by atoms with van der Waals surface area (Å²) in [7, 11) is 0. The molecule has 22 heavy (non-hydrogen) atoms. The number of fused-ring (bicyclic) bond motifs is 2. The first-order valence-electron chi connectivity index (χ1n) is 6.99. The van der Waals surface area contributed by atoms with Crippen LogP contribution in [0.2, 0.25) is 0 Å². The standard InChI is InChI=1S/C17H14N4O/c18-16-11-3-1-2-4-13(11)19-8-12(16)17-20-14-6-5-10(9-22)7-15(14)21-17/h1-8,22H,9H2,(H2,18,19)(H,20,21). The number of hydrogen-bond donors (Lipinski definition) is 3. The lowest BCUT2D eigenvalue weighted by Gasteiger charge is -2.05. The van der Waals surface area contributed by atoms with Gasteiger partial charge in [-0.3, -0.25) is 4.98 Å². The molecule has 2 aromatic carbocycles. The number of aliphatic hydroxyl groups excluding tert-OH is 1. The van der Waals surface area contributed by atoms with Crippen LogP contribution in [0, 0.1) is 0 Å². The van der Waals surface area contributed by atoms with Crippen LogP contribution >= 0.6 is 0 Å². The number of aromatic amines is 1. The molecule has 5 heteroatoms. The number of imidazole rings is 1. The van der Waals surface area contributed by atoms with Crippen LogP contribution in [-0.2, 0) is 6.61 Å². The number of nitrogens with zero attached hydrogens (tertiary/aromatic N) is 2. The molecule has 0 atom stereocenters. The number of rotatable bonds is 2. The van der Waals surface area contributed by atoms with E-state index in [1.165, 1.54) is 0 Å². The van der Waals surface area contributed by atoms with Gasteiger partial charge in [0.05, 0.1) is 34.4 Å². The van der Waals surface area contributed by atoms with E-state index in [9.17, 15) is 5.11 Å². The second-order valence-corrected chi connectivity index (χ2v) is 5.20. The number of anilines is 1. The van der Waals surface area contributed by atoms with Crippen LogP contribution in [0.5, 0.6) is 0 Å². The van der Waals surface area contributed by atoms with E-state index in [4.69, 9.17) is 5.73 Å². The van der Waals surface area contributed by atoms with Crippen LogP contribution in [0.25, 0.3) is 33.3 Å². The highest BCUT2D eigenvalue weighted by atomic mass is 16.3. The molecule has 0 unspecified atom stereocenters. The summed E-state index contributed by atoms with van der Waals surface area (Å²) < 4.78 is 0. The van der Waals surface area contributed by atoms with Crippen molar-refractivity contribution in [1.29, 1.82) is 0 Å². The van der Waals surface area contributed by atoms with Crippen molar-refractivity contribution in [2.75, 3.05) is 5.73 Å². The Hall–Kier alpha value is -2.92. The molecule has 0 fully saturated rings. The number of para-hydroxylation sites is 1. The molecular weight excluding hydrogens is 276 g/mol. The number of pyridine rings is 1. The second-order valence-electron chi connectivity index (χ2n) is 5.20. The van der Waals surface area contributed by atoms with Gasteiger partial charge in [0.25, 0.3) is 0 Å². The zero-order valence-corrected chi connectivity index (χ0v) is 11.7. The van der Waals surface area contributed by atoms with E-state index in [1.54, 1.807) is 6.20 Å². The third kappa shape index (κ3) is 1.91. The second kappa shape index (κ2) is 4.82. The molecule has 0 spiro atoms. The van der Waals surface area contributed by atoms with E-state index >= 15 is 0 Å². The molecule has 2 heterocycles. The Balaban J connectivity index is 1.93. The maximum atomic E-state index is 9.22. The summed E-state index contributed by atoms with van der Waals surface area (Å²) in [4.78, 5) is 12.3. The Kier molecular flexibility index (Phi) is 2.80. The molecule has 0 aliphatic carbocycles. The van der Waals surface area contributed by atoms with E-state index in [0.717, 1.165) is 33.1 Å². The fourth-order valence-electron chi connectivity index (χ4n) is 2.63. The number of hydrogen-bond acceptors (Lipinski definition) is 4. The van der Waals surface area contributed by atoms with Crippen molar-refractivity contribution in [3.8, 4) is 11.4 Å². The van der Waals surface area contributed by atoms with Gasteiger partial charge in [-0.25, -0.2) is 4.98 Å². The van der Waals surface area contributed by atoms with Crippen molar-refractivity contribution in [2.24, 2.45) is 0 Å². The number of nitrogens with two attached hydrogens (primary N) is 1. The van der Waals surface area contributed by atoms with Gasteiger partial charge in [0.2, 0.25) is 0 Å². The summed E-state index contributed by atoms with van der Waals surface area (Å²) in [6.45, 7) is 0.00393. The number of nitrogens with one attached hydrogen (secondary N) is 1. The molecule has 2 aromatic heterocycles. The predicted molar refractivity (Wildman–Crippen MR) is 87.2 cm³/mol. The summed E-state index contributed by atoms with van der Waals surface area (Å²) in [5, 5.41) is 10.1. The predicted octanol–water partition coefficient (Wildman–Crippen LogP) is 2.85. The largest absolute Gasteiger partial charge is 0.398 e. The summed E-state index contributed by atoms with van der Waals surface area (Å²) in [5.74, 6) is 0.681. The van der Waals surface area contributed by atoms with Crippen molar-refractivity contribution in [1.82, 2.24) is 15.0 Å². The zero-order chi connectivity index (χ0) is 15.1. The summed E-state index contributed by atoms with van der Waals surface area (Å²) in [6.07, 6.45) is 1.74. The van der Waals surface area contributed by atoms with Gasteiger partial charge in [0.15, 0.2) is 0 Å². The fourth-order valence-corrected chi connectivity index (χ4v) is 2.63. The van der Waals surface area contributed by atoms with Crippen LogP contribution in [0.3, 0.4) is 0 Å². The third-order valence-corrected chi connectivity index (χ3v) is 3.80. The van der Waals surface area contributed by atoms with E-state index in [0.29, 0.717) is 11.5 Å². The maximum Gasteiger partial charge on any atom is 0.142 e. The molecule has 0 aliphatic heterocycles. The van der Waals surface area contributed by atoms with Crippen LogP contribution in [0.15, 0.2) is 48.7 Å². The topological polar surface area (TPSA) is 87.8 Å². The Morgan fingerprint density at radius 3 is 2.82 bits per heavy atom. The van der Waals surface area contributed by atoms with E-state index in [-0.39, 0.29) is 6.61 Å². The lowest BCUT2D eigenvalue weighted by molar-refractivity contribution is 0.282. The average molecular weight is 290 g/mol. The first-order chi connectivity index (χ1) is 10.8. The molecule has 0 amide bonds. The number of benzene rings is 2. The molecule has 108 valence electrons. The van der Waals surface area contributed by atoms with Crippen molar-refractivity contribution in [2.45, 2.75) is 6.61 Å². The molecule has 0 saturated carbocycles. The lowest BCUT2D eigenvalue weighted by atomic mass is 10.1. The van der Waals surface area contributed by atoms with Crippen molar-refractivity contribution in [3.05, 3.63) is 54.2 Å². The van der Waals surface area contributed by atoms with Crippen molar-refractivity contribution >= 4 is 27.6 Å². The highest BCUT2D eigenvalue weighted by Gasteiger charge is 2.12. The lowest BCUT2D eigenvalue weighted by Crippen LogP contribution is -1.94. The highest BCUT2D eigenvalue weighted by Crippen LogP contribution is 2.30. The number of aromatic nitrogens is 3. The number of H-pyrrole nitrogens is 1. The average Bonchev–Trinajstić information content (AvgIpc) is 2.98. The van der Waals surface area contributed by atoms with Gasteiger partial charge in [-0.15, -0.1) is 0 Å². The number of nitrogen functional groups attached to an aromatic ring is 1. The molecule has 0 saturated heterocycles. The van der Waals surface area contributed by atoms with Gasteiger partial charge in [0, 0.05) is 11.6 Å². The quantitative estimate of drug-likeness (QED) is 0.529. The van der Waals surface area contributed by atoms with Gasteiger partial charge >= 0.3 is 0 Å². The van der Waals surface area contributed by atoms with Gasteiger partial charge in [-0.05, 0) is 23.8 Å². The molecular formula is C17H14N4O. The van der Waals surface area contributed by atoms with Gasteiger partial charge < -0.3 is 15.8 Å². The van der Waals surface area contributed by atoms with Gasteiger partial charge in [-0.1, -0.05) is 24.3 Å². The molecule has 5 nitrogen and oxygen atoms in total. The first-order valence-corrected chi connectivity index (χ1v) is 6.99. The Morgan fingerprint density at radius 2 is 1.95 bits per heavy atom. The molecule has 4 rings (SSSR count). The van der Waals surface area contributed by atoms with E-state index in [2.05, 4.69) is 15.0 Å². The van der Waals surface area contributed by atoms with E-state index in [1.807, 2.05) is 42.5 Å². The summed E-state index contributed by atoms with van der Waals surface area (Å²) in [6, 6.07) is 13.4. The van der Waals surface area contributed by atoms with Crippen LogP contribution in [-0.4, -0.2) is 20.1 Å². The highest BCUT2D eigenvalue weighted by molar-refractivity contribution is 5.97. The van der Waals surface area contributed by atoms with Crippen molar-refractivity contribution < 1.29 is 5.11 Å². The minimum absolute atomic E-state index is 0.00393. The van der Waals surface area contributed by atoms with Gasteiger partial charge in [-0.2, -0.15) is 0 Å². The van der Waals surface area contributed by atoms with Crippen LogP contribution < -0.4 is 5.73 Å². The smallest absolute Gasteiger partial charge is 0.142 e. The molecule has 4 N–H and O–H groups in total. The third-order valence-electron chi connectivity index (χ3n) is 3.80. The zero-order valence-electron chi connectivity index (χ0n) is 11.7. The molecule has 0 bridgehead atoms. The Morgan fingerprint density at radius 1 is 1.09 bits per heavy atom. The minimum Gasteiger partial charge on any atom is -0.398 e. The summed E-state index contributed by atoms with van der Waals surface area (Å²) in [5.41, 5.74) is 11.1. The van der Waals surface area contributed by atoms with Crippen molar-refractivity contribution in [3.63, 3.8) is 0 Å². The summed E-state index contributed by atoms with van der Waals surface area (Å²) >= 11 is 0. The van der Waals surface area contributed by atoms with Crippen LogP contribution in [0.1, 0.15) is 5.56 Å². The first kappa shape index (κ1) is 12.8. The van der Waals surface area contributed by atoms with Gasteiger partial charge in [0.1, 0.15) is 5.82 Å². The maximum absolute atomic E-state index is 9.22. The van der Waals surface area contributed by atoms with E-state index < -0.39 is 0 Å². The fraction of sp³-hybridized carbons (Fsp3) is 0.0588. The molecule has 4 aromatic rings. The van der Waals surface area contributed by atoms with Crippen LogP contribution in [0.4, 0.5) is 5.69 Å². The Bertz CT molecular complexity index is 990. The SMILES string of the molecule is Nc1c(-c2nc3ccc(CO)cc3[nH]2)cnc2ccccc12. The molecule has 0 aliphatic rings.